The molecule has 0 atom stereocenters. The molecule has 0 aliphatic heterocycles. The van der Waals surface area contributed by atoms with E-state index < -0.39 is 11.3 Å². The summed E-state index contributed by atoms with van der Waals surface area (Å²) in [7, 11) is 1.64. The fraction of sp³-hybridized carbons (Fsp3) is 1.00. The molecule has 0 radical (unpaired) electrons. The predicted molar refractivity (Wildman–Crippen MR) is 58.6 cm³/mol. The molecular formula is C11H22N2O2. The van der Waals surface area contributed by atoms with E-state index in [9.17, 15) is 5.21 Å². The highest BCUT2D eigenvalue weighted by Gasteiger charge is 2.37. The minimum absolute atomic E-state index is 0.483. The first-order valence-corrected chi connectivity index (χ1v) is 5.65. The Hall–Kier alpha value is -0.640. The second-order valence-corrected chi connectivity index (χ2v) is 5.25. The Labute approximate surface area is 91.9 Å². The van der Waals surface area contributed by atoms with Crippen LogP contribution >= 0.6 is 0 Å². The highest BCUT2D eigenvalue weighted by atomic mass is 16.5. The van der Waals surface area contributed by atoms with Gasteiger partial charge >= 0.3 is 0 Å². The largest absolute Gasteiger partial charge is 0.599 e. The van der Waals surface area contributed by atoms with Crippen molar-refractivity contribution in [2.75, 3.05) is 7.11 Å². The molecule has 0 heterocycles. The molecule has 0 aromatic rings. The molecule has 0 aromatic heterocycles. The summed E-state index contributed by atoms with van der Waals surface area (Å²) in [6.45, 7) is 5.57. The van der Waals surface area contributed by atoms with Crippen LogP contribution in [-0.2, 0) is 4.74 Å². The topological polar surface area (TPSA) is 47.7 Å². The smallest absolute Gasteiger partial charge is 0.221 e. The lowest BCUT2D eigenvalue weighted by Gasteiger charge is -2.30. The number of hydroxylamine groups is 1. The Morgan fingerprint density at radius 2 is 1.73 bits per heavy atom. The van der Waals surface area contributed by atoms with Crippen molar-refractivity contribution in [1.29, 1.82) is 0 Å². The van der Waals surface area contributed by atoms with E-state index >= 15 is 0 Å². The van der Waals surface area contributed by atoms with Crippen LogP contribution in [0.1, 0.15) is 52.9 Å². The van der Waals surface area contributed by atoms with E-state index in [-0.39, 0.29) is 0 Å². The second-order valence-electron chi connectivity index (χ2n) is 5.25. The summed E-state index contributed by atoms with van der Waals surface area (Å²) in [5.41, 5.74) is -1.05. The molecule has 0 amide bonds. The van der Waals surface area contributed by atoms with Crippen LogP contribution in [0, 0.1) is 5.21 Å². The zero-order chi connectivity index (χ0) is 11.5. The molecule has 4 heteroatoms. The SMILES string of the molecule is COC1(N=[N+]([O-])C(C)(C)C)CCCCC1. The van der Waals surface area contributed by atoms with Crippen molar-refractivity contribution in [3.8, 4) is 0 Å². The number of azo groups is 1. The van der Waals surface area contributed by atoms with Crippen molar-refractivity contribution >= 4 is 0 Å². The summed E-state index contributed by atoms with van der Waals surface area (Å²) in [4.78, 5) is 0.793. The van der Waals surface area contributed by atoms with Crippen LogP contribution in [0.3, 0.4) is 0 Å². The van der Waals surface area contributed by atoms with E-state index in [2.05, 4.69) is 5.11 Å². The normalized spacial score (nSPS) is 22.8. The van der Waals surface area contributed by atoms with Crippen molar-refractivity contribution in [3.63, 3.8) is 0 Å². The van der Waals surface area contributed by atoms with Gasteiger partial charge in [0.05, 0.1) is 0 Å². The van der Waals surface area contributed by atoms with E-state index in [1.165, 1.54) is 6.42 Å². The molecule has 0 bridgehead atoms. The van der Waals surface area contributed by atoms with E-state index in [1.54, 1.807) is 7.11 Å². The van der Waals surface area contributed by atoms with E-state index in [0.717, 1.165) is 30.5 Å². The number of methoxy groups -OCH3 is 1. The Morgan fingerprint density at radius 1 is 1.20 bits per heavy atom. The van der Waals surface area contributed by atoms with Crippen LogP contribution in [0.4, 0.5) is 0 Å². The maximum Gasteiger partial charge on any atom is 0.221 e. The van der Waals surface area contributed by atoms with Crippen LogP contribution in [0.25, 0.3) is 0 Å². The van der Waals surface area contributed by atoms with Crippen molar-refractivity contribution in [1.82, 2.24) is 0 Å². The van der Waals surface area contributed by atoms with Crippen molar-refractivity contribution in [2.24, 2.45) is 5.11 Å². The minimum atomic E-state index is -0.562. The van der Waals surface area contributed by atoms with Crippen LogP contribution in [-0.4, -0.2) is 23.2 Å². The summed E-state index contributed by atoms with van der Waals surface area (Å²) in [6.07, 6.45) is 5.12. The summed E-state index contributed by atoms with van der Waals surface area (Å²) in [5, 5.41) is 16.0. The molecule has 1 fully saturated rings. The summed E-state index contributed by atoms with van der Waals surface area (Å²) in [6, 6.07) is 0. The second kappa shape index (κ2) is 4.47. The Balaban J connectivity index is 2.83. The number of ether oxygens (including phenoxy) is 1. The third kappa shape index (κ3) is 3.16. The molecular weight excluding hydrogens is 192 g/mol. The van der Waals surface area contributed by atoms with Gasteiger partial charge in [-0.3, -0.25) is 0 Å². The van der Waals surface area contributed by atoms with Gasteiger partial charge in [-0.1, -0.05) is 11.3 Å². The van der Waals surface area contributed by atoms with Gasteiger partial charge in [0.15, 0.2) is 5.54 Å². The number of hydrogen-bond acceptors (Lipinski definition) is 3. The third-order valence-corrected chi connectivity index (χ3v) is 2.86. The lowest BCUT2D eigenvalue weighted by Crippen LogP contribution is -2.37. The molecule has 0 unspecified atom stereocenters. The van der Waals surface area contributed by atoms with Crippen molar-refractivity contribution in [2.45, 2.75) is 64.1 Å². The first kappa shape index (κ1) is 12.4. The molecule has 0 saturated heterocycles. The summed E-state index contributed by atoms with van der Waals surface area (Å²) < 4.78 is 5.44. The number of nitrogens with zero attached hydrogens (tertiary/aromatic N) is 2. The zero-order valence-corrected chi connectivity index (χ0v) is 10.2. The fourth-order valence-corrected chi connectivity index (χ4v) is 1.76. The van der Waals surface area contributed by atoms with E-state index in [4.69, 9.17) is 4.74 Å². The Kier molecular flexibility index (Phi) is 3.71. The highest BCUT2D eigenvalue weighted by Crippen LogP contribution is 2.33. The monoisotopic (exact) mass is 214 g/mol. The predicted octanol–water partition coefficient (Wildman–Crippen LogP) is 3.05. The molecule has 88 valence electrons. The maximum atomic E-state index is 11.8. The fourth-order valence-electron chi connectivity index (χ4n) is 1.76. The van der Waals surface area contributed by atoms with Gasteiger partial charge in [0.25, 0.3) is 0 Å². The van der Waals surface area contributed by atoms with Gasteiger partial charge in [-0.25, -0.2) is 0 Å². The minimum Gasteiger partial charge on any atom is -0.599 e. The van der Waals surface area contributed by atoms with Gasteiger partial charge in [0, 0.05) is 45.8 Å². The van der Waals surface area contributed by atoms with E-state index in [1.807, 2.05) is 20.8 Å². The molecule has 1 aliphatic rings. The summed E-state index contributed by atoms with van der Waals surface area (Å²) >= 11 is 0. The van der Waals surface area contributed by atoms with Gasteiger partial charge in [-0.05, 0) is 12.8 Å². The third-order valence-electron chi connectivity index (χ3n) is 2.86. The summed E-state index contributed by atoms with van der Waals surface area (Å²) in [5.74, 6) is 0. The molecule has 4 nitrogen and oxygen atoms in total. The number of rotatable bonds is 2. The molecule has 0 N–H and O–H groups in total. The molecule has 1 aliphatic carbocycles. The van der Waals surface area contributed by atoms with E-state index in [0.29, 0.717) is 0 Å². The maximum absolute atomic E-state index is 11.8. The first-order chi connectivity index (χ1) is 6.90. The average Bonchev–Trinajstić information content (AvgIpc) is 2.18. The molecule has 1 saturated carbocycles. The highest BCUT2D eigenvalue weighted by molar-refractivity contribution is 4.79. The van der Waals surface area contributed by atoms with Gasteiger partial charge in [-0.15, -0.1) is 0 Å². The van der Waals surface area contributed by atoms with Gasteiger partial charge < -0.3 is 9.94 Å². The van der Waals surface area contributed by atoms with Crippen LogP contribution in [0.15, 0.2) is 5.11 Å². The van der Waals surface area contributed by atoms with Gasteiger partial charge in [0.2, 0.25) is 5.72 Å². The Bertz CT molecular complexity index is 237. The van der Waals surface area contributed by atoms with Crippen molar-refractivity contribution < 1.29 is 9.60 Å². The standard InChI is InChI=1S/C11H22N2O2/c1-10(2,3)13(14)12-11(15-4)8-6-5-7-9-11/h5-9H2,1-4H3. The average molecular weight is 214 g/mol. The molecule has 0 spiro atoms. The van der Waals surface area contributed by atoms with Crippen LogP contribution in [0.2, 0.25) is 0 Å². The quantitative estimate of drug-likeness (QED) is 0.403. The lowest BCUT2D eigenvalue weighted by molar-refractivity contribution is -0.610. The van der Waals surface area contributed by atoms with Gasteiger partial charge in [0.1, 0.15) is 0 Å². The lowest BCUT2D eigenvalue weighted by atomic mass is 9.92. The van der Waals surface area contributed by atoms with Crippen LogP contribution in [0.5, 0.6) is 0 Å². The van der Waals surface area contributed by atoms with Crippen molar-refractivity contribution in [3.05, 3.63) is 5.21 Å². The zero-order valence-electron chi connectivity index (χ0n) is 10.2. The first-order valence-electron chi connectivity index (χ1n) is 5.65. The number of hydrogen-bond donors (Lipinski definition) is 0. The molecule has 15 heavy (non-hydrogen) atoms. The molecule has 1 rings (SSSR count). The van der Waals surface area contributed by atoms with Gasteiger partial charge in [-0.2, -0.15) is 0 Å². The Morgan fingerprint density at radius 3 is 2.13 bits per heavy atom. The van der Waals surface area contributed by atoms with Crippen LogP contribution < -0.4 is 0 Å². The molecule has 0 aromatic carbocycles.